The number of cyclic esters (lactones) is 1. The number of carbonyl (C=O) groups excluding carboxylic acids is 1. The first kappa shape index (κ1) is 16.8. The third-order valence-corrected chi connectivity index (χ3v) is 5.80. The fourth-order valence-corrected chi connectivity index (χ4v) is 3.09. The van der Waals surface area contributed by atoms with Crippen LogP contribution in [0.25, 0.3) is 0 Å². The van der Waals surface area contributed by atoms with Crippen molar-refractivity contribution in [1.82, 2.24) is 0 Å². The van der Waals surface area contributed by atoms with Gasteiger partial charge in [-0.05, 0) is 24.1 Å². The molecule has 4 nitrogen and oxygen atoms in total. The number of alkyl halides is 2. The second-order valence-electron chi connectivity index (χ2n) is 4.86. The van der Waals surface area contributed by atoms with E-state index in [0.717, 1.165) is 16.6 Å². The van der Waals surface area contributed by atoms with Crippen LogP contribution in [0.5, 0.6) is 5.75 Å². The van der Waals surface area contributed by atoms with Gasteiger partial charge in [-0.15, -0.1) is 0 Å². The Morgan fingerprint density at radius 1 is 1.38 bits per heavy atom. The van der Waals surface area contributed by atoms with Crippen molar-refractivity contribution < 1.29 is 19.0 Å². The van der Waals surface area contributed by atoms with Crippen molar-refractivity contribution in [2.24, 2.45) is 0 Å². The lowest BCUT2D eigenvalue weighted by Crippen LogP contribution is -2.37. The van der Waals surface area contributed by atoms with Gasteiger partial charge in [0.2, 0.25) is 0 Å². The van der Waals surface area contributed by atoms with Crippen molar-refractivity contribution in [3.05, 3.63) is 29.8 Å². The highest BCUT2D eigenvalue weighted by atomic mass is 79.9. The molecule has 0 N–H and O–H groups in total. The molecule has 1 aromatic carbocycles. The Morgan fingerprint density at radius 3 is 2.62 bits per heavy atom. The summed E-state index contributed by atoms with van der Waals surface area (Å²) in [6.07, 6.45) is 0.826. The van der Waals surface area contributed by atoms with Crippen LogP contribution in [0.3, 0.4) is 0 Å². The maximum Gasteiger partial charge on any atom is 0.306 e. The second kappa shape index (κ2) is 8.15. The minimum absolute atomic E-state index is 0.0895. The molecule has 1 heterocycles. The SMILES string of the molecule is COc1ccc(CO[C@H](C(Br)CBr)[C@H]2CCC(=O)O2)cc1. The Bertz CT molecular complexity index is 463. The molecule has 1 unspecified atom stereocenters. The molecule has 0 aliphatic carbocycles. The van der Waals surface area contributed by atoms with Crippen LogP contribution in [-0.2, 0) is 20.9 Å². The van der Waals surface area contributed by atoms with Crippen molar-refractivity contribution in [3.63, 3.8) is 0 Å². The number of hydrogen-bond donors (Lipinski definition) is 0. The molecule has 0 aromatic heterocycles. The van der Waals surface area contributed by atoms with E-state index in [1.165, 1.54) is 0 Å². The smallest absolute Gasteiger partial charge is 0.306 e. The molecular weight excluding hydrogens is 404 g/mol. The van der Waals surface area contributed by atoms with Gasteiger partial charge in [0.15, 0.2) is 0 Å². The summed E-state index contributed by atoms with van der Waals surface area (Å²) in [5.74, 6) is 0.672. The van der Waals surface area contributed by atoms with Gasteiger partial charge in [-0.25, -0.2) is 0 Å². The highest BCUT2D eigenvalue weighted by Crippen LogP contribution is 2.26. The number of esters is 1. The van der Waals surface area contributed by atoms with E-state index in [4.69, 9.17) is 14.2 Å². The highest BCUT2D eigenvalue weighted by Gasteiger charge is 2.35. The zero-order valence-electron chi connectivity index (χ0n) is 11.8. The summed E-state index contributed by atoms with van der Waals surface area (Å²) >= 11 is 7.03. The van der Waals surface area contributed by atoms with E-state index in [2.05, 4.69) is 31.9 Å². The molecule has 1 fully saturated rings. The molecule has 1 aromatic rings. The van der Waals surface area contributed by atoms with Crippen LogP contribution >= 0.6 is 31.9 Å². The Hall–Kier alpha value is -0.590. The predicted molar refractivity (Wildman–Crippen MR) is 87.2 cm³/mol. The van der Waals surface area contributed by atoms with Gasteiger partial charge in [0, 0.05) is 11.8 Å². The third kappa shape index (κ3) is 4.69. The maximum atomic E-state index is 11.3. The van der Waals surface area contributed by atoms with Gasteiger partial charge >= 0.3 is 5.97 Å². The predicted octanol–water partition coefficient (Wildman–Crippen LogP) is 3.44. The number of ether oxygens (including phenoxy) is 3. The molecule has 0 amide bonds. The molecule has 116 valence electrons. The normalized spacial score (nSPS) is 20.9. The largest absolute Gasteiger partial charge is 0.497 e. The molecule has 3 atom stereocenters. The summed E-state index contributed by atoms with van der Waals surface area (Å²) in [7, 11) is 1.64. The molecule has 0 bridgehead atoms. The zero-order chi connectivity index (χ0) is 15.2. The first-order valence-corrected chi connectivity index (χ1v) is 8.81. The summed E-state index contributed by atoms with van der Waals surface area (Å²) in [5, 5.41) is 0.730. The van der Waals surface area contributed by atoms with Gasteiger partial charge in [-0.1, -0.05) is 44.0 Å². The Kier molecular flexibility index (Phi) is 6.51. The Morgan fingerprint density at radius 2 is 2.10 bits per heavy atom. The summed E-state index contributed by atoms with van der Waals surface area (Å²) in [5.41, 5.74) is 1.05. The van der Waals surface area contributed by atoms with Crippen LogP contribution in [-0.4, -0.2) is 35.4 Å². The van der Waals surface area contributed by atoms with Gasteiger partial charge in [0.1, 0.15) is 18.0 Å². The van der Waals surface area contributed by atoms with Gasteiger partial charge in [-0.3, -0.25) is 4.79 Å². The minimum Gasteiger partial charge on any atom is -0.497 e. The molecule has 6 heteroatoms. The van der Waals surface area contributed by atoms with E-state index >= 15 is 0 Å². The summed E-state index contributed by atoms with van der Waals surface area (Å²) < 4.78 is 16.5. The topological polar surface area (TPSA) is 44.8 Å². The summed E-state index contributed by atoms with van der Waals surface area (Å²) in [6.45, 7) is 0.470. The van der Waals surface area contributed by atoms with Crippen molar-refractivity contribution in [2.75, 3.05) is 12.4 Å². The zero-order valence-corrected chi connectivity index (χ0v) is 14.9. The van der Waals surface area contributed by atoms with Crippen molar-refractivity contribution in [2.45, 2.75) is 36.5 Å². The molecule has 2 rings (SSSR count). The number of rotatable bonds is 7. The van der Waals surface area contributed by atoms with Crippen LogP contribution in [0.1, 0.15) is 18.4 Å². The van der Waals surface area contributed by atoms with E-state index in [0.29, 0.717) is 19.4 Å². The van der Waals surface area contributed by atoms with E-state index in [-0.39, 0.29) is 23.0 Å². The first-order chi connectivity index (χ1) is 10.1. The molecule has 0 radical (unpaired) electrons. The van der Waals surface area contributed by atoms with E-state index in [1.807, 2.05) is 24.3 Å². The third-order valence-electron chi connectivity index (χ3n) is 3.39. The number of carbonyl (C=O) groups is 1. The van der Waals surface area contributed by atoms with Crippen LogP contribution in [0, 0.1) is 0 Å². The van der Waals surface area contributed by atoms with Crippen LogP contribution in [0.2, 0.25) is 0 Å². The maximum absolute atomic E-state index is 11.3. The highest BCUT2D eigenvalue weighted by molar-refractivity contribution is 9.12. The average Bonchev–Trinajstić information content (AvgIpc) is 2.94. The van der Waals surface area contributed by atoms with Crippen molar-refractivity contribution >= 4 is 37.8 Å². The number of hydrogen-bond acceptors (Lipinski definition) is 4. The Labute approximate surface area is 141 Å². The fourth-order valence-electron chi connectivity index (χ4n) is 2.22. The fraction of sp³-hybridized carbons (Fsp3) is 0.533. The molecule has 0 spiro atoms. The summed E-state index contributed by atoms with van der Waals surface area (Å²) in [6, 6.07) is 7.74. The van der Waals surface area contributed by atoms with Gasteiger partial charge in [-0.2, -0.15) is 0 Å². The number of methoxy groups -OCH3 is 1. The standard InChI is InChI=1S/C15H18Br2O4/c1-19-11-4-2-10(3-5-11)9-20-15(12(17)8-16)13-6-7-14(18)21-13/h2-5,12-13,15H,6-9H2,1H3/t12?,13-,15-/m1/s1. The molecule has 21 heavy (non-hydrogen) atoms. The molecular formula is C15H18Br2O4. The molecule has 1 aliphatic rings. The van der Waals surface area contributed by atoms with Crippen LogP contribution < -0.4 is 4.74 Å². The average molecular weight is 422 g/mol. The van der Waals surface area contributed by atoms with Gasteiger partial charge in [0.05, 0.1) is 18.5 Å². The second-order valence-corrected chi connectivity index (χ2v) is 6.68. The van der Waals surface area contributed by atoms with E-state index < -0.39 is 0 Å². The Balaban J connectivity index is 1.96. The lowest BCUT2D eigenvalue weighted by molar-refractivity contribution is -0.147. The van der Waals surface area contributed by atoms with Crippen LogP contribution in [0.15, 0.2) is 24.3 Å². The van der Waals surface area contributed by atoms with Crippen molar-refractivity contribution in [1.29, 1.82) is 0 Å². The lowest BCUT2D eigenvalue weighted by Gasteiger charge is -2.26. The molecule has 1 aliphatic heterocycles. The molecule has 0 saturated carbocycles. The molecule has 1 saturated heterocycles. The van der Waals surface area contributed by atoms with Crippen LogP contribution in [0.4, 0.5) is 0 Å². The lowest BCUT2D eigenvalue weighted by atomic mass is 10.1. The minimum atomic E-state index is -0.183. The summed E-state index contributed by atoms with van der Waals surface area (Å²) in [4.78, 5) is 11.4. The first-order valence-electron chi connectivity index (χ1n) is 6.78. The number of halogens is 2. The van der Waals surface area contributed by atoms with E-state index in [9.17, 15) is 4.79 Å². The van der Waals surface area contributed by atoms with Crippen molar-refractivity contribution in [3.8, 4) is 5.75 Å². The van der Waals surface area contributed by atoms with Gasteiger partial charge < -0.3 is 14.2 Å². The monoisotopic (exact) mass is 420 g/mol. The van der Waals surface area contributed by atoms with E-state index in [1.54, 1.807) is 7.11 Å². The number of benzene rings is 1. The van der Waals surface area contributed by atoms with Gasteiger partial charge in [0.25, 0.3) is 0 Å². The quantitative estimate of drug-likeness (QED) is 0.499.